The average Bonchev–Trinajstić information content (AvgIpc) is 1.88. The minimum atomic E-state index is -1.15. The number of halogens is 2. The van der Waals surface area contributed by atoms with Crippen LogP contribution in [0.1, 0.15) is 6.42 Å². The molecule has 0 unspecified atom stereocenters. The molecule has 3 nitrogen and oxygen atoms in total. The smallest absolute Gasteiger partial charge is 0.339 e. The Labute approximate surface area is 68.5 Å². The number of carbonyl (C=O) groups excluding carboxylic acids is 1. The van der Waals surface area contributed by atoms with Crippen molar-refractivity contribution < 1.29 is 9.53 Å². The van der Waals surface area contributed by atoms with E-state index in [2.05, 4.69) is 4.74 Å². The summed E-state index contributed by atoms with van der Waals surface area (Å²) in [6.07, 6.45) is 0.159. The van der Waals surface area contributed by atoms with Gasteiger partial charge in [-0.05, 0) is 0 Å². The number of hydrogen-bond acceptors (Lipinski definition) is 3. The predicted octanol–water partition coefficient (Wildman–Crippen LogP) is 1.25. The minimum absolute atomic E-state index is 0.0469. The van der Waals surface area contributed by atoms with E-state index in [9.17, 15) is 4.79 Å². The number of nitriles is 1. The Morgan fingerprint density at radius 2 is 2.30 bits per heavy atom. The number of hydrogen-bond donors (Lipinski definition) is 0. The van der Waals surface area contributed by atoms with Gasteiger partial charge in [-0.1, -0.05) is 23.2 Å². The third kappa shape index (κ3) is 4.42. The molecule has 0 rings (SSSR count). The van der Waals surface area contributed by atoms with Crippen LogP contribution in [0.5, 0.6) is 0 Å². The van der Waals surface area contributed by atoms with Gasteiger partial charge in [-0.3, -0.25) is 0 Å². The standard InChI is InChI=1S/C5H5Cl2NO2/c6-4(7)5(9)10-3-1-2-8/h4H,1,3H2. The van der Waals surface area contributed by atoms with E-state index in [0.29, 0.717) is 0 Å². The number of rotatable bonds is 3. The van der Waals surface area contributed by atoms with Gasteiger partial charge >= 0.3 is 5.97 Å². The molecular weight excluding hydrogens is 177 g/mol. The van der Waals surface area contributed by atoms with Gasteiger partial charge in [0.1, 0.15) is 6.61 Å². The van der Waals surface area contributed by atoms with Gasteiger partial charge in [-0.15, -0.1) is 0 Å². The van der Waals surface area contributed by atoms with Crippen LogP contribution in [0.2, 0.25) is 0 Å². The van der Waals surface area contributed by atoms with Crippen molar-refractivity contribution in [2.24, 2.45) is 0 Å². The molecule has 0 atom stereocenters. The molecule has 0 aliphatic heterocycles. The Hall–Kier alpha value is -0.460. The van der Waals surface area contributed by atoms with Crippen molar-refractivity contribution in [3.8, 4) is 6.07 Å². The lowest BCUT2D eigenvalue weighted by atomic mass is 10.5. The van der Waals surface area contributed by atoms with E-state index in [-0.39, 0.29) is 13.0 Å². The third-order valence-corrected chi connectivity index (χ3v) is 0.993. The van der Waals surface area contributed by atoms with E-state index in [0.717, 1.165) is 0 Å². The molecule has 0 saturated heterocycles. The van der Waals surface area contributed by atoms with Crippen molar-refractivity contribution in [3.63, 3.8) is 0 Å². The number of carbonyl (C=O) groups is 1. The second-order valence-electron chi connectivity index (χ2n) is 1.38. The maximum absolute atomic E-state index is 10.4. The van der Waals surface area contributed by atoms with Crippen LogP contribution >= 0.6 is 23.2 Å². The lowest BCUT2D eigenvalue weighted by Crippen LogP contribution is -2.12. The fourth-order valence-electron chi connectivity index (χ4n) is 0.260. The molecule has 0 aliphatic carbocycles. The van der Waals surface area contributed by atoms with Crippen molar-refractivity contribution in [2.45, 2.75) is 11.3 Å². The van der Waals surface area contributed by atoms with Gasteiger partial charge in [0.25, 0.3) is 0 Å². The van der Waals surface area contributed by atoms with Crippen LogP contribution in [0.25, 0.3) is 0 Å². The second kappa shape index (κ2) is 5.33. The van der Waals surface area contributed by atoms with Gasteiger partial charge in [0.15, 0.2) is 0 Å². The van der Waals surface area contributed by atoms with Crippen molar-refractivity contribution in [1.29, 1.82) is 5.26 Å². The van der Waals surface area contributed by atoms with Crippen LogP contribution in [-0.4, -0.2) is 17.4 Å². The van der Waals surface area contributed by atoms with E-state index in [1.54, 1.807) is 6.07 Å². The molecule has 0 saturated carbocycles. The molecule has 0 N–H and O–H groups in total. The first-order valence-electron chi connectivity index (χ1n) is 2.50. The SMILES string of the molecule is N#CCCOC(=O)C(Cl)Cl. The molecule has 0 radical (unpaired) electrons. The topological polar surface area (TPSA) is 50.1 Å². The quantitative estimate of drug-likeness (QED) is 0.374. The van der Waals surface area contributed by atoms with Crippen LogP contribution in [0.3, 0.4) is 0 Å². The summed E-state index contributed by atoms with van der Waals surface area (Å²) in [6, 6.07) is 1.80. The van der Waals surface area contributed by atoms with Crippen molar-refractivity contribution in [1.82, 2.24) is 0 Å². The Balaban J connectivity index is 3.33. The van der Waals surface area contributed by atoms with Gasteiger partial charge in [0.2, 0.25) is 4.84 Å². The maximum atomic E-state index is 10.4. The molecule has 0 amide bonds. The Kier molecular flexibility index (Phi) is 5.09. The summed E-state index contributed by atoms with van der Waals surface area (Å²) in [7, 11) is 0. The number of nitrogens with zero attached hydrogens (tertiary/aromatic N) is 1. The molecule has 56 valence electrons. The van der Waals surface area contributed by atoms with Crippen LogP contribution < -0.4 is 0 Å². The summed E-state index contributed by atoms with van der Waals surface area (Å²) < 4.78 is 4.42. The van der Waals surface area contributed by atoms with E-state index in [1.165, 1.54) is 0 Å². The Morgan fingerprint density at radius 1 is 1.70 bits per heavy atom. The third-order valence-electron chi connectivity index (χ3n) is 0.636. The summed E-state index contributed by atoms with van der Waals surface area (Å²) >= 11 is 10.2. The number of esters is 1. The zero-order valence-electron chi connectivity index (χ0n) is 5.01. The zero-order chi connectivity index (χ0) is 7.98. The van der Waals surface area contributed by atoms with E-state index in [4.69, 9.17) is 28.5 Å². The fourth-order valence-corrected chi connectivity index (χ4v) is 0.386. The predicted molar refractivity (Wildman–Crippen MR) is 36.7 cm³/mol. The molecule has 0 aromatic heterocycles. The fraction of sp³-hybridized carbons (Fsp3) is 0.600. The van der Waals surface area contributed by atoms with Gasteiger partial charge in [-0.25, -0.2) is 4.79 Å². The van der Waals surface area contributed by atoms with Crippen LogP contribution in [0.15, 0.2) is 0 Å². The molecule has 0 bridgehead atoms. The molecule has 0 aliphatic rings. The summed E-state index contributed by atoms with van der Waals surface area (Å²) in [6.45, 7) is 0.0469. The highest BCUT2D eigenvalue weighted by Crippen LogP contribution is 2.03. The van der Waals surface area contributed by atoms with Crippen molar-refractivity contribution in [3.05, 3.63) is 0 Å². The second-order valence-corrected chi connectivity index (χ2v) is 2.47. The minimum Gasteiger partial charge on any atom is -0.463 e. The maximum Gasteiger partial charge on any atom is 0.339 e. The first kappa shape index (κ1) is 9.54. The largest absolute Gasteiger partial charge is 0.463 e. The first-order chi connectivity index (χ1) is 4.68. The summed E-state index contributed by atoms with van der Waals surface area (Å²) in [5, 5.41) is 8.01. The molecule has 5 heteroatoms. The van der Waals surface area contributed by atoms with Crippen LogP contribution in [0.4, 0.5) is 0 Å². The molecule has 0 spiro atoms. The highest BCUT2D eigenvalue weighted by atomic mass is 35.5. The monoisotopic (exact) mass is 181 g/mol. The number of ether oxygens (including phenoxy) is 1. The lowest BCUT2D eigenvalue weighted by Gasteiger charge is -2.00. The van der Waals surface area contributed by atoms with Crippen LogP contribution in [0, 0.1) is 11.3 Å². The Morgan fingerprint density at radius 3 is 2.70 bits per heavy atom. The van der Waals surface area contributed by atoms with Gasteiger partial charge < -0.3 is 4.74 Å². The molecule has 0 aromatic rings. The average molecular weight is 182 g/mol. The summed E-state index contributed by atoms with van der Waals surface area (Å²) in [5.41, 5.74) is 0. The molecule has 10 heavy (non-hydrogen) atoms. The molecular formula is C5H5Cl2NO2. The first-order valence-corrected chi connectivity index (χ1v) is 3.37. The van der Waals surface area contributed by atoms with E-state index >= 15 is 0 Å². The van der Waals surface area contributed by atoms with Crippen molar-refractivity contribution >= 4 is 29.2 Å². The molecule has 0 fully saturated rings. The molecule has 0 heterocycles. The van der Waals surface area contributed by atoms with E-state index < -0.39 is 10.8 Å². The van der Waals surface area contributed by atoms with E-state index in [1.807, 2.05) is 0 Å². The highest BCUT2D eigenvalue weighted by Gasteiger charge is 2.11. The van der Waals surface area contributed by atoms with Gasteiger partial charge in [-0.2, -0.15) is 5.26 Å². The zero-order valence-corrected chi connectivity index (χ0v) is 6.52. The van der Waals surface area contributed by atoms with Crippen molar-refractivity contribution in [2.75, 3.05) is 6.61 Å². The Bertz CT molecular complexity index is 152. The van der Waals surface area contributed by atoms with Gasteiger partial charge in [0, 0.05) is 0 Å². The highest BCUT2D eigenvalue weighted by molar-refractivity contribution is 6.52. The van der Waals surface area contributed by atoms with Crippen LogP contribution in [-0.2, 0) is 9.53 Å². The van der Waals surface area contributed by atoms with Gasteiger partial charge in [0.05, 0.1) is 12.5 Å². The number of alkyl halides is 2. The normalized spacial score (nSPS) is 9.00. The summed E-state index contributed by atoms with van der Waals surface area (Å²) in [4.78, 5) is 9.27. The lowest BCUT2D eigenvalue weighted by molar-refractivity contribution is -0.141. The summed E-state index contributed by atoms with van der Waals surface area (Å²) in [5.74, 6) is -0.710. The molecule has 0 aromatic carbocycles.